The Morgan fingerprint density at radius 2 is 2.14 bits per heavy atom. The Kier molecular flexibility index (Phi) is 5.66. The standard InChI is InChI=1S/C24H24FN9O2/c1-14-16(3-5-19(25)22(14)26-2)21-11-32-7-8-33(10-15(32)12-36-21)23(35)17-4-6-20-18(17)9-27-24(29-20)34-13-28-30-31-34/h3,5,9,13,15,17,21H,4,6-8,10-12H2,1H3/t15-,17?,21-/m0/s1. The first-order valence-corrected chi connectivity index (χ1v) is 11.9. The second-order valence-electron chi connectivity index (χ2n) is 9.39. The zero-order valence-electron chi connectivity index (χ0n) is 19.7. The smallest absolute Gasteiger partial charge is 0.253 e. The molecule has 1 amide bonds. The molecule has 4 heterocycles. The van der Waals surface area contributed by atoms with Gasteiger partial charge in [-0.05, 0) is 47.4 Å². The van der Waals surface area contributed by atoms with Crippen molar-refractivity contribution in [2.45, 2.75) is 37.8 Å². The van der Waals surface area contributed by atoms with E-state index in [0.29, 0.717) is 50.6 Å². The molecule has 1 aromatic carbocycles. The number of piperazine rings is 1. The van der Waals surface area contributed by atoms with Gasteiger partial charge in [-0.25, -0.2) is 19.2 Å². The number of aromatic nitrogens is 6. The fourth-order valence-electron chi connectivity index (χ4n) is 5.53. The molecule has 2 fully saturated rings. The molecule has 1 unspecified atom stereocenters. The van der Waals surface area contributed by atoms with Gasteiger partial charge in [0.05, 0.1) is 36.9 Å². The van der Waals surface area contributed by atoms with Crippen molar-refractivity contribution in [2.24, 2.45) is 0 Å². The number of fused-ring (bicyclic) bond motifs is 2. The summed E-state index contributed by atoms with van der Waals surface area (Å²) < 4.78 is 21.5. The van der Waals surface area contributed by atoms with Crippen molar-refractivity contribution in [2.75, 3.05) is 32.8 Å². The summed E-state index contributed by atoms with van der Waals surface area (Å²) in [7, 11) is 0. The Bertz CT molecular complexity index is 1360. The molecule has 0 radical (unpaired) electrons. The first-order chi connectivity index (χ1) is 17.5. The van der Waals surface area contributed by atoms with E-state index in [4.69, 9.17) is 11.3 Å². The average Bonchev–Trinajstić information content (AvgIpc) is 3.58. The van der Waals surface area contributed by atoms with E-state index in [0.717, 1.165) is 23.4 Å². The van der Waals surface area contributed by atoms with Gasteiger partial charge < -0.3 is 9.64 Å². The van der Waals surface area contributed by atoms with Crippen LogP contribution in [0.4, 0.5) is 10.1 Å². The Balaban J connectivity index is 1.12. The number of carbonyl (C=O) groups is 1. The van der Waals surface area contributed by atoms with Crippen LogP contribution >= 0.6 is 0 Å². The third-order valence-corrected chi connectivity index (χ3v) is 7.47. The molecule has 36 heavy (non-hydrogen) atoms. The lowest BCUT2D eigenvalue weighted by Gasteiger charge is -2.46. The highest BCUT2D eigenvalue weighted by atomic mass is 19.1. The predicted octanol–water partition coefficient (Wildman–Crippen LogP) is 1.76. The highest BCUT2D eigenvalue weighted by Gasteiger charge is 2.39. The predicted molar refractivity (Wildman–Crippen MR) is 124 cm³/mol. The van der Waals surface area contributed by atoms with Crippen LogP contribution in [0, 0.1) is 19.3 Å². The van der Waals surface area contributed by atoms with Crippen molar-refractivity contribution < 1.29 is 13.9 Å². The van der Waals surface area contributed by atoms with E-state index < -0.39 is 5.82 Å². The second-order valence-corrected chi connectivity index (χ2v) is 9.39. The van der Waals surface area contributed by atoms with Gasteiger partial charge in [-0.2, -0.15) is 4.68 Å². The van der Waals surface area contributed by atoms with Crippen LogP contribution in [-0.4, -0.2) is 84.7 Å². The molecule has 11 nitrogen and oxygen atoms in total. The van der Waals surface area contributed by atoms with E-state index in [-0.39, 0.29) is 29.7 Å². The summed E-state index contributed by atoms with van der Waals surface area (Å²) >= 11 is 0. The van der Waals surface area contributed by atoms with E-state index in [1.165, 1.54) is 17.1 Å². The number of morpholine rings is 1. The van der Waals surface area contributed by atoms with Crippen molar-refractivity contribution in [3.63, 3.8) is 0 Å². The average molecular weight is 490 g/mol. The first-order valence-electron chi connectivity index (χ1n) is 11.9. The zero-order chi connectivity index (χ0) is 24.8. The molecule has 2 aliphatic heterocycles. The molecule has 3 aromatic rings. The van der Waals surface area contributed by atoms with Crippen LogP contribution < -0.4 is 0 Å². The molecule has 0 saturated carbocycles. The number of rotatable bonds is 3. The monoisotopic (exact) mass is 489 g/mol. The van der Waals surface area contributed by atoms with Gasteiger partial charge in [0.15, 0.2) is 0 Å². The summed E-state index contributed by atoms with van der Waals surface area (Å²) in [6.45, 7) is 12.1. The highest BCUT2D eigenvalue weighted by Crippen LogP contribution is 2.36. The lowest BCUT2D eigenvalue weighted by atomic mass is 9.97. The molecule has 3 atom stereocenters. The molecule has 3 aliphatic rings. The molecule has 2 saturated heterocycles. The third kappa shape index (κ3) is 3.81. The van der Waals surface area contributed by atoms with Crippen LogP contribution in [-0.2, 0) is 16.0 Å². The van der Waals surface area contributed by atoms with E-state index >= 15 is 0 Å². The SMILES string of the molecule is [C-]#[N+]c1c(F)ccc([C@@H]2CN3CCN(C(=O)C4CCc5nc(-n6cnnn6)ncc54)C[C@H]3CO2)c1C. The number of benzene rings is 1. The fourth-order valence-corrected chi connectivity index (χ4v) is 5.53. The van der Waals surface area contributed by atoms with E-state index in [2.05, 4.69) is 35.2 Å². The van der Waals surface area contributed by atoms with Crippen LogP contribution in [0.5, 0.6) is 0 Å². The minimum absolute atomic E-state index is 0.0551. The second kappa shape index (κ2) is 9.00. The van der Waals surface area contributed by atoms with Gasteiger partial charge in [0.25, 0.3) is 5.95 Å². The van der Waals surface area contributed by atoms with Crippen molar-refractivity contribution in [3.8, 4) is 5.95 Å². The molecule has 6 rings (SSSR count). The van der Waals surface area contributed by atoms with Gasteiger partial charge in [-0.15, -0.1) is 5.10 Å². The normalized spacial score (nSPS) is 23.7. The fraction of sp³-hybridized carbons (Fsp3) is 0.458. The molecule has 12 heteroatoms. The van der Waals surface area contributed by atoms with Crippen molar-refractivity contribution in [1.82, 2.24) is 40.0 Å². The molecule has 1 aliphatic carbocycles. The van der Waals surface area contributed by atoms with Gasteiger partial charge >= 0.3 is 0 Å². The maximum Gasteiger partial charge on any atom is 0.253 e. The van der Waals surface area contributed by atoms with Gasteiger partial charge in [-0.3, -0.25) is 9.69 Å². The number of ether oxygens (including phenoxy) is 1. The van der Waals surface area contributed by atoms with Crippen molar-refractivity contribution >= 4 is 11.6 Å². The number of nitrogens with zero attached hydrogens (tertiary/aromatic N) is 9. The molecule has 0 N–H and O–H groups in total. The minimum Gasteiger partial charge on any atom is -0.371 e. The molecule has 0 bridgehead atoms. The molecular weight excluding hydrogens is 465 g/mol. The summed E-state index contributed by atoms with van der Waals surface area (Å²) in [6, 6.07) is 3.16. The third-order valence-electron chi connectivity index (χ3n) is 7.47. The Labute approximate surface area is 206 Å². The first kappa shape index (κ1) is 22.6. The van der Waals surface area contributed by atoms with E-state index in [1.807, 2.05) is 4.90 Å². The summed E-state index contributed by atoms with van der Waals surface area (Å²) in [5.41, 5.74) is 3.28. The number of amides is 1. The van der Waals surface area contributed by atoms with Crippen molar-refractivity contribution in [1.29, 1.82) is 0 Å². The summed E-state index contributed by atoms with van der Waals surface area (Å²) in [5, 5.41) is 11.1. The van der Waals surface area contributed by atoms with Crippen LogP contribution in [0.15, 0.2) is 24.7 Å². The summed E-state index contributed by atoms with van der Waals surface area (Å²) in [6.07, 6.45) is 4.36. The largest absolute Gasteiger partial charge is 0.371 e. The Morgan fingerprint density at radius 3 is 2.94 bits per heavy atom. The van der Waals surface area contributed by atoms with Crippen LogP contribution in [0.25, 0.3) is 10.8 Å². The van der Waals surface area contributed by atoms with Gasteiger partial charge in [0.1, 0.15) is 12.1 Å². The van der Waals surface area contributed by atoms with Crippen LogP contribution in [0.2, 0.25) is 0 Å². The quantitative estimate of drug-likeness (QED) is 0.513. The van der Waals surface area contributed by atoms with Crippen LogP contribution in [0.3, 0.4) is 0 Å². The number of hydrogen-bond donors (Lipinski definition) is 0. The molecule has 0 spiro atoms. The lowest BCUT2D eigenvalue weighted by molar-refractivity contribution is -0.141. The lowest BCUT2D eigenvalue weighted by Crippen LogP contribution is -2.60. The van der Waals surface area contributed by atoms with E-state index in [9.17, 15) is 9.18 Å². The maximum absolute atomic E-state index is 14.0. The Morgan fingerprint density at radius 1 is 1.25 bits per heavy atom. The zero-order valence-corrected chi connectivity index (χ0v) is 19.7. The number of aryl methyl sites for hydroxylation is 1. The Hall–Kier alpha value is -3.82. The summed E-state index contributed by atoms with van der Waals surface area (Å²) in [5.74, 6) is -0.252. The number of tetrazole rings is 1. The van der Waals surface area contributed by atoms with Gasteiger partial charge in [0.2, 0.25) is 11.6 Å². The highest BCUT2D eigenvalue weighted by molar-refractivity contribution is 5.85. The topological polar surface area (TPSA) is 107 Å². The molecule has 184 valence electrons. The summed E-state index contributed by atoms with van der Waals surface area (Å²) in [4.78, 5) is 30.0. The maximum atomic E-state index is 14.0. The number of hydrogen-bond acceptors (Lipinski definition) is 8. The van der Waals surface area contributed by atoms with Crippen molar-refractivity contribution in [3.05, 3.63) is 64.3 Å². The van der Waals surface area contributed by atoms with Crippen LogP contribution in [0.1, 0.15) is 40.8 Å². The van der Waals surface area contributed by atoms with E-state index in [1.54, 1.807) is 19.2 Å². The number of carbonyl (C=O) groups excluding carboxylic acids is 1. The molecule has 2 aromatic heterocycles. The van der Waals surface area contributed by atoms with Gasteiger partial charge in [-0.1, -0.05) is 6.07 Å². The van der Waals surface area contributed by atoms with Gasteiger partial charge in [0, 0.05) is 37.9 Å². The molecular formula is C24H24FN9O2. The number of halogens is 1. The minimum atomic E-state index is -0.502.